The van der Waals surface area contributed by atoms with Gasteiger partial charge in [-0.05, 0) is 63.2 Å². The summed E-state index contributed by atoms with van der Waals surface area (Å²) >= 11 is 1.80. The number of anilines is 1. The standard InChI is InChI=1S/C16H23N3S/c1-12(2)19(11-13-3-7-17-8-4-13)16-14-6-10-20-15(14)5-9-18-16/h5-6,9-10,12-13,17H,3-4,7-8,11H2,1-2H3. The number of pyridine rings is 1. The normalized spacial score (nSPS) is 16.9. The number of rotatable bonds is 4. The zero-order valence-corrected chi connectivity index (χ0v) is 13.1. The van der Waals surface area contributed by atoms with Gasteiger partial charge in [0.2, 0.25) is 0 Å². The fourth-order valence-electron chi connectivity index (χ4n) is 2.99. The summed E-state index contributed by atoms with van der Waals surface area (Å²) in [5.41, 5.74) is 0. The average Bonchev–Trinajstić information content (AvgIpc) is 2.94. The topological polar surface area (TPSA) is 28.2 Å². The van der Waals surface area contributed by atoms with Crippen molar-refractivity contribution < 1.29 is 0 Å². The molecule has 1 N–H and O–H groups in total. The summed E-state index contributed by atoms with van der Waals surface area (Å²) in [7, 11) is 0. The summed E-state index contributed by atoms with van der Waals surface area (Å²) in [4.78, 5) is 7.17. The van der Waals surface area contributed by atoms with E-state index in [0.717, 1.165) is 31.4 Å². The number of hydrogen-bond donors (Lipinski definition) is 1. The molecule has 3 rings (SSSR count). The van der Waals surface area contributed by atoms with E-state index in [1.54, 1.807) is 11.3 Å². The van der Waals surface area contributed by atoms with Crippen LogP contribution >= 0.6 is 11.3 Å². The van der Waals surface area contributed by atoms with Crippen LogP contribution in [0.25, 0.3) is 10.1 Å². The van der Waals surface area contributed by atoms with Crippen LogP contribution in [0.1, 0.15) is 26.7 Å². The molecule has 0 spiro atoms. The zero-order valence-electron chi connectivity index (χ0n) is 12.3. The maximum Gasteiger partial charge on any atom is 0.137 e. The number of fused-ring (bicyclic) bond motifs is 1. The summed E-state index contributed by atoms with van der Waals surface area (Å²) < 4.78 is 1.34. The first-order valence-electron chi connectivity index (χ1n) is 7.55. The Morgan fingerprint density at radius 1 is 1.35 bits per heavy atom. The lowest BCUT2D eigenvalue weighted by Gasteiger charge is -2.34. The van der Waals surface area contributed by atoms with Crippen LogP contribution in [-0.2, 0) is 0 Å². The molecule has 0 saturated carbocycles. The quantitative estimate of drug-likeness (QED) is 0.933. The van der Waals surface area contributed by atoms with Gasteiger partial charge in [-0.15, -0.1) is 11.3 Å². The molecule has 108 valence electrons. The lowest BCUT2D eigenvalue weighted by atomic mass is 9.97. The third kappa shape index (κ3) is 2.81. The second kappa shape index (κ2) is 6.10. The van der Waals surface area contributed by atoms with Crippen molar-refractivity contribution in [3.63, 3.8) is 0 Å². The first-order chi connectivity index (χ1) is 9.75. The minimum Gasteiger partial charge on any atom is -0.353 e. The van der Waals surface area contributed by atoms with Gasteiger partial charge in [0, 0.05) is 28.9 Å². The van der Waals surface area contributed by atoms with Crippen LogP contribution < -0.4 is 10.2 Å². The van der Waals surface area contributed by atoms with E-state index in [9.17, 15) is 0 Å². The van der Waals surface area contributed by atoms with Crippen molar-refractivity contribution in [1.82, 2.24) is 10.3 Å². The minimum absolute atomic E-state index is 0.489. The molecule has 1 fully saturated rings. The predicted molar refractivity (Wildman–Crippen MR) is 87.7 cm³/mol. The smallest absolute Gasteiger partial charge is 0.137 e. The molecular formula is C16H23N3S. The fourth-order valence-corrected chi connectivity index (χ4v) is 3.77. The Morgan fingerprint density at radius 3 is 2.90 bits per heavy atom. The zero-order chi connectivity index (χ0) is 13.9. The molecule has 2 aromatic heterocycles. The van der Waals surface area contributed by atoms with Crippen LogP contribution in [0.3, 0.4) is 0 Å². The summed E-state index contributed by atoms with van der Waals surface area (Å²) in [5.74, 6) is 1.95. The van der Waals surface area contributed by atoms with Crippen molar-refractivity contribution in [2.24, 2.45) is 5.92 Å². The van der Waals surface area contributed by atoms with Crippen LogP contribution in [0.5, 0.6) is 0 Å². The van der Waals surface area contributed by atoms with Crippen LogP contribution in [0.4, 0.5) is 5.82 Å². The van der Waals surface area contributed by atoms with E-state index in [4.69, 9.17) is 0 Å². The molecule has 4 heteroatoms. The van der Waals surface area contributed by atoms with Crippen LogP contribution in [-0.4, -0.2) is 30.7 Å². The molecule has 0 aromatic carbocycles. The van der Waals surface area contributed by atoms with Gasteiger partial charge in [0.1, 0.15) is 5.82 Å². The van der Waals surface area contributed by atoms with Gasteiger partial charge >= 0.3 is 0 Å². The van der Waals surface area contributed by atoms with Crippen LogP contribution in [0.15, 0.2) is 23.7 Å². The molecule has 0 aliphatic carbocycles. The number of hydrogen-bond acceptors (Lipinski definition) is 4. The van der Waals surface area contributed by atoms with Gasteiger partial charge in [-0.2, -0.15) is 0 Å². The number of nitrogens with one attached hydrogen (secondary N) is 1. The van der Waals surface area contributed by atoms with Crippen LogP contribution in [0.2, 0.25) is 0 Å². The summed E-state index contributed by atoms with van der Waals surface area (Å²) in [6.45, 7) is 7.99. The Kier molecular flexibility index (Phi) is 4.22. The van der Waals surface area contributed by atoms with Crippen molar-refractivity contribution in [3.05, 3.63) is 23.7 Å². The average molecular weight is 289 g/mol. The van der Waals surface area contributed by atoms with Crippen molar-refractivity contribution in [2.75, 3.05) is 24.5 Å². The van der Waals surface area contributed by atoms with E-state index in [1.165, 1.54) is 22.9 Å². The summed E-state index contributed by atoms with van der Waals surface area (Å²) in [6.07, 6.45) is 4.51. The van der Waals surface area contributed by atoms with Gasteiger partial charge in [0.15, 0.2) is 0 Å². The third-order valence-corrected chi connectivity index (χ3v) is 5.05. The Bertz CT molecular complexity index is 558. The Balaban J connectivity index is 1.87. The Morgan fingerprint density at radius 2 is 2.15 bits per heavy atom. The predicted octanol–water partition coefficient (Wildman–Crippen LogP) is 3.51. The minimum atomic E-state index is 0.489. The number of aromatic nitrogens is 1. The second-order valence-electron chi connectivity index (χ2n) is 5.91. The summed E-state index contributed by atoms with van der Waals surface area (Å²) in [6, 6.07) is 4.81. The number of nitrogens with zero attached hydrogens (tertiary/aromatic N) is 2. The van der Waals surface area contributed by atoms with Gasteiger partial charge in [0.25, 0.3) is 0 Å². The van der Waals surface area contributed by atoms with Crippen LogP contribution in [0, 0.1) is 5.92 Å². The molecule has 0 atom stereocenters. The van der Waals surface area contributed by atoms with Gasteiger partial charge in [-0.25, -0.2) is 4.98 Å². The molecule has 3 heterocycles. The van der Waals surface area contributed by atoms with E-state index in [-0.39, 0.29) is 0 Å². The highest BCUT2D eigenvalue weighted by atomic mass is 32.1. The van der Waals surface area contributed by atoms with E-state index >= 15 is 0 Å². The molecule has 1 aliphatic heterocycles. The fraction of sp³-hybridized carbons (Fsp3) is 0.562. The molecule has 20 heavy (non-hydrogen) atoms. The number of thiophene rings is 1. The van der Waals surface area contributed by atoms with Crippen molar-refractivity contribution in [3.8, 4) is 0 Å². The molecule has 0 unspecified atom stereocenters. The Labute approximate surface area is 125 Å². The molecule has 0 bridgehead atoms. The first-order valence-corrected chi connectivity index (χ1v) is 8.43. The highest BCUT2D eigenvalue weighted by Crippen LogP contribution is 2.30. The van der Waals surface area contributed by atoms with E-state index in [1.807, 2.05) is 6.20 Å². The van der Waals surface area contributed by atoms with E-state index in [2.05, 4.69) is 46.6 Å². The van der Waals surface area contributed by atoms with Crippen molar-refractivity contribution in [2.45, 2.75) is 32.7 Å². The molecule has 2 aromatic rings. The molecule has 0 amide bonds. The van der Waals surface area contributed by atoms with Gasteiger partial charge in [-0.1, -0.05) is 0 Å². The lowest BCUT2D eigenvalue weighted by molar-refractivity contribution is 0.367. The molecule has 1 saturated heterocycles. The second-order valence-corrected chi connectivity index (χ2v) is 6.85. The molecule has 0 radical (unpaired) electrons. The highest BCUT2D eigenvalue weighted by molar-refractivity contribution is 7.17. The van der Waals surface area contributed by atoms with Gasteiger partial charge in [-0.3, -0.25) is 0 Å². The largest absolute Gasteiger partial charge is 0.353 e. The molecule has 3 nitrogen and oxygen atoms in total. The van der Waals surface area contributed by atoms with Gasteiger partial charge in [0.05, 0.1) is 0 Å². The van der Waals surface area contributed by atoms with Crippen molar-refractivity contribution >= 4 is 27.2 Å². The maximum absolute atomic E-state index is 4.68. The molecular weight excluding hydrogens is 266 g/mol. The lowest BCUT2D eigenvalue weighted by Crippen LogP contribution is -2.40. The monoisotopic (exact) mass is 289 g/mol. The Hall–Kier alpha value is -1.13. The van der Waals surface area contributed by atoms with Crippen molar-refractivity contribution in [1.29, 1.82) is 0 Å². The van der Waals surface area contributed by atoms with E-state index in [0.29, 0.717) is 6.04 Å². The molecule has 1 aliphatic rings. The maximum atomic E-state index is 4.68. The number of piperidine rings is 1. The van der Waals surface area contributed by atoms with Gasteiger partial charge < -0.3 is 10.2 Å². The SMILES string of the molecule is CC(C)N(CC1CCNCC1)c1nccc2sccc12. The highest BCUT2D eigenvalue weighted by Gasteiger charge is 2.21. The van der Waals surface area contributed by atoms with E-state index < -0.39 is 0 Å². The first kappa shape index (κ1) is 13.8. The third-order valence-electron chi connectivity index (χ3n) is 4.17. The summed E-state index contributed by atoms with van der Waals surface area (Å²) in [5, 5.41) is 6.92.